The fourth-order valence-corrected chi connectivity index (χ4v) is 1.68. The maximum Gasteiger partial charge on any atom is 0.387 e. The lowest BCUT2D eigenvalue weighted by Crippen LogP contribution is -2.20. The van der Waals surface area contributed by atoms with Gasteiger partial charge in [-0.2, -0.15) is 8.78 Å². The molecular formula is C16H14F2N2O2. The van der Waals surface area contributed by atoms with Crippen LogP contribution in [0.5, 0.6) is 5.75 Å². The van der Waals surface area contributed by atoms with E-state index in [1.54, 1.807) is 36.7 Å². The summed E-state index contributed by atoms with van der Waals surface area (Å²) in [5.41, 5.74) is 1.61. The number of halogens is 2. The fourth-order valence-electron chi connectivity index (χ4n) is 1.68. The molecule has 0 fully saturated rings. The highest BCUT2D eigenvalue weighted by atomic mass is 19.3. The lowest BCUT2D eigenvalue weighted by atomic mass is 10.2. The van der Waals surface area contributed by atoms with Gasteiger partial charge in [0, 0.05) is 25.0 Å². The minimum Gasteiger partial charge on any atom is -0.435 e. The van der Waals surface area contributed by atoms with Crippen molar-refractivity contribution in [3.63, 3.8) is 0 Å². The van der Waals surface area contributed by atoms with E-state index in [0.29, 0.717) is 6.54 Å². The number of ether oxygens (including phenoxy) is 1. The van der Waals surface area contributed by atoms with Crippen molar-refractivity contribution in [2.45, 2.75) is 13.2 Å². The van der Waals surface area contributed by atoms with E-state index in [1.165, 1.54) is 18.2 Å². The number of aromatic nitrogens is 1. The minimum atomic E-state index is -2.84. The Labute approximate surface area is 126 Å². The van der Waals surface area contributed by atoms with Crippen LogP contribution in [0.1, 0.15) is 11.1 Å². The summed E-state index contributed by atoms with van der Waals surface area (Å²) in [6, 6.07) is 9.70. The zero-order chi connectivity index (χ0) is 15.8. The van der Waals surface area contributed by atoms with Gasteiger partial charge in [-0.05, 0) is 35.4 Å². The van der Waals surface area contributed by atoms with Crippen molar-refractivity contribution >= 4 is 12.0 Å². The monoisotopic (exact) mass is 304 g/mol. The number of carbonyl (C=O) groups is 1. The van der Waals surface area contributed by atoms with Gasteiger partial charge in [-0.1, -0.05) is 18.2 Å². The summed E-state index contributed by atoms with van der Waals surface area (Å²) in [7, 11) is 0. The molecule has 2 rings (SSSR count). The van der Waals surface area contributed by atoms with Crippen LogP contribution in [-0.2, 0) is 11.3 Å². The van der Waals surface area contributed by atoms with Crippen molar-refractivity contribution in [2.24, 2.45) is 0 Å². The van der Waals surface area contributed by atoms with E-state index in [9.17, 15) is 13.6 Å². The van der Waals surface area contributed by atoms with Gasteiger partial charge in [-0.25, -0.2) is 0 Å². The second-order valence-electron chi connectivity index (χ2n) is 4.36. The summed E-state index contributed by atoms with van der Waals surface area (Å²) in [4.78, 5) is 15.6. The number of pyridine rings is 1. The number of alkyl halides is 2. The molecule has 6 heteroatoms. The van der Waals surface area contributed by atoms with Crippen LogP contribution in [0.25, 0.3) is 6.08 Å². The van der Waals surface area contributed by atoms with Crippen molar-refractivity contribution in [1.82, 2.24) is 10.3 Å². The maximum absolute atomic E-state index is 12.0. The van der Waals surface area contributed by atoms with Crippen molar-refractivity contribution in [3.8, 4) is 5.75 Å². The summed E-state index contributed by atoms with van der Waals surface area (Å²) >= 11 is 0. The summed E-state index contributed by atoms with van der Waals surface area (Å²) in [6.07, 6.45) is 6.36. The third-order valence-electron chi connectivity index (χ3n) is 2.73. The molecule has 0 aliphatic rings. The van der Waals surface area contributed by atoms with Crippen LogP contribution in [0.4, 0.5) is 8.78 Å². The number of benzene rings is 1. The quantitative estimate of drug-likeness (QED) is 0.835. The van der Waals surface area contributed by atoms with Crippen molar-refractivity contribution in [3.05, 3.63) is 66.0 Å². The van der Waals surface area contributed by atoms with Gasteiger partial charge >= 0.3 is 6.61 Å². The van der Waals surface area contributed by atoms with Gasteiger partial charge in [0.25, 0.3) is 0 Å². The smallest absolute Gasteiger partial charge is 0.387 e. The first-order valence-electron chi connectivity index (χ1n) is 6.53. The number of carbonyl (C=O) groups excluding carboxylic acids is 1. The first-order chi connectivity index (χ1) is 10.6. The number of rotatable bonds is 6. The zero-order valence-corrected chi connectivity index (χ0v) is 11.6. The van der Waals surface area contributed by atoms with Crippen LogP contribution in [0.3, 0.4) is 0 Å². The molecule has 1 heterocycles. The number of amides is 1. The fraction of sp³-hybridized carbons (Fsp3) is 0.125. The Hall–Kier alpha value is -2.76. The van der Waals surface area contributed by atoms with E-state index in [0.717, 1.165) is 11.1 Å². The molecule has 0 radical (unpaired) electrons. The van der Waals surface area contributed by atoms with E-state index < -0.39 is 6.61 Å². The highest BCUT2D eigenvalue weighted by molar-refractivity contribution is 5.91. The predicted molar refractivity (Wildman–Crippen MR) is 78.2 cm³/mol. The number of hydrogen-bond acceptors (Lipinski definition) is 3. The Morgan fingerprint density at radius 2 is 2.05 bits per heavy atom. The first kappa shape index (κ1) is 15.6. The lowest BCUT2D eigenvalue weighted by Gasteiger charge is -2.06. The third-order valence-corrected chi connectivity index (χ3v) is 2.73. The summed E-state index contributed by atoms with van der Waals surface area (Å²) in [5.74, 6) is -0.168. The third kappa shape index (κ3) is 5.32. The predicted octanol–water partition coefficient (Wildman–Crippen LogP) is 3.01. The molecule has 22 heavy (non-hydrogen) atoms. The van der Waals surface area contributed by atoms with Crippen LogP contribution in [0, 0.1) is 0 Å². The molecular weight excluding hydrogens is 290 g/mol. The molecule has 0 saturated carbocycles. The number of nitrogens with one attached hydrogen (secondary N) is 1. The Balaban J connectivity index is 1.82. The van der Waals surface area contributed by atoms with Gasteiger partial charge in [-0.3, -0.25) is 9.78 Å². The number of hydrogen-bond donors (Lipinski definition) is 1. The van der Waals surface area contributed by atoms with Gasteiger partial charge in [-0.15, -0.1) is 0 Å². The largest absolute Gasteiger partial charge is 0.435 e. The summed E-state index contributed by atoms with van der Waals surface area (Å²) in [6.45, 7) is -2.55. The van der Waals surface area contributed by atoms with Gasteiger partial charge in [0.1, 0.15) is 5.75 Å². The topological polar surface area (TPSA) is 51.2 Å². The Morgan fingerprint density at radius 3 is 2.68 bits per heavy atom. The van der Waals surface area contributed by atoms with E-state index in [1.807, 2.05) is 6.07 Å². The molecule has 1 N–H and O–H groups in total. The van der Waals surface area contributed by atoms with Gasteiger partial charge in [0.2, 0.25) is 5.91 Å². The molecule has 1 aromatic heterocycles. The van der Waals surface area contributed by atoms with E-state index in [4.69, 9.17) is 0 Å². The molecule has 1 aromatic carbocycles. The molecule has 0 bridgehead atoms. The second kappa shape index (κ2) is 7.87. The van der Waals surface area contributed by atoms with Crippen LogP contribution in [-0.4, -0.2) is 17.5 Å². The Morgan fingerprint density at radius 1 is 1.27 bits per heavy atom. The van der Waals surface area contributed by atoms with Crippen LogP contribution >= 0.6 is 0 Å². The standard InChI is InChI=1S/C16H14F2N2O2/c17-16(18)22-14-6-3-13(4-7-14)11-20-15(21)8-5-12-2-1-9-19-10-12/h1-10,16H,11H2,(H,20,21)/b8-5+. The normalized spacial score (nSPS) is 10.9. The molecule has 114 valence electrons. The SMILES string of the molecule is O=C(/C=C/c1cccnc1)NCc1ccc(OC(F)F)cc1. The van der Waals surface area contributed by atoms with Crippen LogP contribution in [0.15, 0.2) is 54.9 Å². The highest BCUT2D eigenvalue weighted by Crippen LogP contribution is 2.14. The molecule has 1 amide bonds. The number of nitrogens with zero attached hydrogens (tertiary/aromatic N) is 1. The molecule has 0 aliphatic heterocycles. The Bertz CT molecular complexity index is 628. The van der Waals surface area contributed by atoms with Gasteiger partial charge < -0.3 is 10.1 Å². The summed E-state index contributed by atoms with van der Waals surface area (Å²) in [5, 5.41) is 2.69. The molecule has 4 nitrogen and oxygen atoms in total. The van der Waals surface area contributed by atoms with Crippen molar-refractivity contribution < 1.29 is 18.3 Å². The molecule has 0 unspecified atom stereocenters. The molecule has 0 atom stereocenters. The highest BCUT2D eigenvalue weighted by Gasteiger charge is 2.04. The van der Waals surface area contributed by atoms with Crippen molar-refractivity contribution in [1.29, 1.82) is 0 Å². The lowest BCUT2D eigenvalue weighted by molar-refractivity contribution is -0.116. The van der Waals surface area contributed by atoms with Crippen LogP contribution in [0.2, 0.25) is 0 Å². The van der Waals surface area contributed by atoms with E-state index in [-0.39, 0.29) is 11.7 Å². The Kier molecular flexibility index (Phi) is 5.59. The molecule has 0 aliphatic carbocycles. The van der Waals surface area contributed by atoms with Gasteiger partial charge in [0.05, 0.1) is 0 Å². The van der Waals surface area contributed by atoms with Gasteiger partial charge in [0.15, 0.2) is 0 Å². The average Bonchev–Trinajstić information content (AvgIpc) is 2.53. The molecule has 0 saturated heterocycles. The first-order valence-corrected chi connectivity index (χ1v) is 6.53. The maximum atomic E-state index is 12.0. The van der Waals surface area contributed by atoms with Crippen LogP contribution < -0.4 is 10.1 Å². The zero-order valence-electron chi connectivity index (χ0n) is 11.6. The average molecular weight is 304 g/mol. The van der Waals surface area contributed by atoms with E-state index in [2.05, 4.69) is 15.0 Å². The second-order valence-corrected chi connectivity index (χ2v) is 4.36. The molecule has 2 aromatic rings. The summed E-state index contributed by atoms with van der Waals surface area (Å²) < 4.78 is 28.3. The van der Waals surface area contributed by atoms with Crippen molar-refractivity contribution in [2.75, 3.05) is 0 Å². The molecule has 0 spiro atoms. The van der Waals surface area contributed by atoms with E-state index >= 15 is 0 Å². The minimum absolute atomic E-state index is 0.0848.